The van der Waals surface area contributed by atoms with Gasteiger partial charge in [-0.05, 0) is 0 Å². The first-order chi connectivity index (χ1) is 5.11. The quantitative estimate of drug-likeness (QED) is 0.619. The molecule has 0 aliphatic rings. The van der Waals surface area contributed by atoms with E-state index in [0.29, 0.717) is 5.56 Å². The Hall–Kier alpha value is -1.52. The molecule has 60 valence electrons. The predicted molar refractivity (Wildman–Crippen MR) is 36.2 cm³/mol. The molecular formula is C6H8N2O3. The van der Waals surface area contributed by atoms with Crippen molar-refractivity contribution in [2.75, 3.05) is 0 Å². The summed E-state index contributed by atoms with van der Waals surface area (Å²) < 4.78 is 1.22. The smallest absolute Gasteiger partial charge is 0.308 e. The van der Waals surface area contributed by atoms with E-state index in [1.165, 1.54) is 10.9 Å². The summed E-state index contributed by atoms with van der Waals surface area (Å²) in [5, 5.41) is 21.1. The number of carboxylic acids is 1. The van der Waals surface area contributed by atoms with E-state index in [1.54, 1.807) is 7.05 Å². The summed E-state index contributed by atoms with van der Waals surface area (Å²) in [7, 11) is 1.54. The third-order valence-corrected chi connectivity index (χ3v) is 1.32. The minimum atomic E-state index is -0.978. The van der Waals surface area contributed by atoms with Crippen LogP contribution in [0.2, 0.25) is 0 Å². The molecule has 0 unspecified atom stereocenters. The van der Waals surface area contributed by atoms with Crippen LogP contribution in [0.1, 0.15) is 5.56 Å². The summed E-state index contributed by atoms with van der Waals surface area (Å²) >= 11 is 0. The van der Waals surface area contributed by atoms with Gasteiger partial charge in [0.2, 0.25) is 5.88 Å². The zero-order valence-electron chi connectivity index (χ0n) is 5.98. The molecule has 0 amide bonds. The standard InChI is InChI=1S/C6H8N2O3/c1-8-6(11)4(3-7-8)2-5(9)10/h3,11H,2H2,1H3,(H,9,10). The Morgan fingerprint density at radius 3 is 2.82 bits per heavy atom. The van der Waals surface area contributed by atoms with Crippen LogP contribution in [0.3, 0.4) is 0 Å². The van der Waals surface area contributed by atoms with Crippen LogP contribution in [0.4, 0.5) is 0 Å². The van der Waals surface area contributed by atoms with Crippen molar-refractivity contribution in [3.05, 3.63) is 11.8 Å². The van der Waals surface area contributed by atoms with E-state index < -0.39 is 5.97 Å². The number of hydrogen-bond donors (Lipinski definition) is 2. The number of carboxylic acid groups (broad SMARTS) is 1. The molecule has 0 saturated heterocycles. The molecule has 0 spiro atoms. The number of carbonyl (C=O) groups is 1. The third kappa shape index (κ3) is 1.49. The second-order valence-electron chi connectivity index (χ2n) is 2.19. The van der Waals surface area contributed by atoms with Crippen LogP contribution in [0, 0.1) is 0 Å². The van der Waals surface area contributed by atoms with Crippen LogP contribution in [0.15, 0.2) is 6.20 Å². The molecule has 2 N–H and O–H groups in total. The molecular weight excluding hydrogens is 148 g/mol. The third-order valence-electron chi connectivity index (χ3n) is 1.32. The van der Waals surface area contributed by atoms with E-state index in [2.05, 4.69) is 5.10 Å². The van der Waals surface area contributed by atoms with Crippen molar-refractivity contribution in [2.24, 2.45) is 7.05 Å². The summed E-state index contributed by atoms with van der Waals surface area (Å²) in [6.07, 6.45) is 1.14. The lowest BCUT2D eigenvalue weighted by Gasteiger charge is -1.93. The number of nitrogens with zero attached hydrogens (tertiary/aromatic N) is 2. The Balaban J connectivity index is 2.87. The topological polar surface area (TPSA) is 75.4 Å². The normalized spacial score (nSPS) is 9.91. The molecule has 0 saturated carbocycles. The van der Waals surface area contributed by atoms with Crippen molar-refractivity contribution in [2.45, 2.75) is 6.42 Å². The molecule has 5 heteroatoms. The van der Waals surface area contributed by atoms with Gasteiger partial charge >= 0.3 is 5.97 Å². The fourth-order valence-corrected chi connectivity index (χ4v) is 0.764. The zero-order valence-corrected chi connectivity index (χ0v) is 5.98. The largest absolute Gasteiger partial charge is 0.493 e. The lowest BCUT2D eigenvalue weighted by molar-refractivity contribution is -0.136. The monoisotopic (exact) mass is 156 g/mol. The fourth-order valence-electron chi connectivity index (χ4n) is 0.764. The molecule has 0 aliphatic carbocycles. The van der Waals surface area contributed by atoms with Gasteiger partial charge in [-0.15, -0.1) is 0 Å². The summed E-state index contributed by atoms with van der Waals surface area (Å²) in [6.45, 7) is 0. The Labute approximate surface area is 62.9 Å². The first-order valence-corrected chi connectivity index (χ1v) is 3.03. The summed E-state index contributed by atoms with van der Waals surface area (Å²) in [4.78, 5) is 10.2. The highest BCUT2D eigenvalue weighted by Crippen LogP contribution is 2.14. The maximum atomic E-state index is 10.2. The van der Waals surface area contributed by atoms with Gasteiger partial charge in [0.1, 0.15) is 0 Å². The number of hydrogen-bond acceptors (Lipinski definition) is 3. The molecule has 1 aromatic heterocycles. The van der Waals surface area contributed by atoms with Crippen LogP contribution in [0.25, 0.3) is 0 Å². The first kappa shape index (κ1) is 7.59. The van der Waals surface area contributed by atoms with Crippen LogP contribution in [-0.4, -0.2) is 26.0 Å². The molecule has 0 radical (unpaired) electrons. The fraction of sp³-hybridized carbons (Fsp3) is 0.333. The highest BCUT2D eigenvalue weighted by molar-refractivity contribution is 5.70. The van der Waals surface area contributed by atoms with Crippen molar-refractivity contribution < 1.29 is 15.0 Å². The Bertz CT molecular complexity index is 279. The highest BCUT2D eigenvalue weighted by Gasteiger charge is 2.09. The number of aromatic nitrogens is 2. The van der Waals surface area contributed by atoms with Crippen LogP contribution >= 0.6 is 0 Å². The Morgan fingerprint density at radius 2 is 2.45 bits per heavy atom. The minimum Gasteiger partial charge on any atom is -0.493 e. The lowest BCUT2D eigenvalue weighted by atomic mass is 10.2. The van der Waals surface area contributed by atoms with Crippen LogP contribution < -0.4 is 0 Å². The van der Waals surface area contributed by atoms with Crippen molar-refractivity contribution in [3.8, 4) is 5.88 Å². The molecule has 11 heavy (non-hydrogen) atoms. The van der Waals surface area contributed by atoms with Crippen LogP contribution in [0.5, 0.6) is 5.88 Å². The lowest BCUT2D eigenvalue weighted by Crippen LogP contribution is -1.99. The second kappa shape index (κ2) is 2.61. The second-order valence-corrected chi connectivity index (χ2v) is 2.19. The van der Waals surface area contributed by atoms with Crippen molar-refractivity contribution in [3.63, 3.8) is 0 Å². The maximum absolute atomic E-state index is 10.2. The van der Waals surface area contributed by atoms with Gasteiger partial charge in [-0.1, -0.05) is 0 Å². The molecule has 0 bridgehead atoms. The number of aryl methyl sites for hydroxylation is 1. The number of aromatic hydroxyl groups is 1. The average molecular weight is 156 g/mol. The SMILES string of the molecule is Cn1ncc(CC(=O)O)c1O. The van der Waals surface area contributed by atoms with Gasteiger partial charge in [0, 0.05) is 12.6 Å². The Kier molecular flexibility index (Phi) is 1.80. The van der Waals surface area contributed by atoms with Crippen LogP contribution in [-0.2, 0) is 18.3 Å². The summed E-state index contributed by atoms with van der Waals surface area (Å²) in [5.74, 6) is -1.07. The van der Waals surface area contributed by atoms with E-state index in [0.717, 1.165) is 0 Å². The summed E-state index contributed by atoms with van der Waals surface area (Å²) in [6, 6.07) is 0. The van der Waals surface area contributed by atoms with Gasteiger partial charge in [0.25, 0.3) is 0 Å². The molecule has 0 atom stereocenters. The van der Waals surface area contributed by atoms with Gasteiger partial charge in [-0.2, -0.15) is 5.10 Å². The van der Waals surface area contributed by atoms with Crippen molar-refractivity contribution in [1.82, 2.24) is 9.78 Å². The zero-order chi connectivity index (χ0) is 8.43. The van der Waals surface area contributed by atoms with Crippen molar-refractivity contribution in [1.29, 1.82) is 0 Å². The average Bonchev–Trinajstić information content (AvgIpc) is 2.18. The molecule has 0 fully saturated rings. The van der Waals surface area contributed by atoms with Gasteiger partial charge in [-0.25, -0.2) is 4.68 Å². The molecule has 5 nitrogen and oxygen atoms in total. The number of aliphatic carboxylic acids is 1. The van der Waals surface area contributed by atoms with Gasteiger partial charge in [0.05, 0.1) is 12.6 Å². The summed E-state index contributed by atoms with van der Waals surface area (Å²) in [5.41, 5.74) is 0.333. The Morgan fingerprint density at radius 1 is 1.82 bits per heavy atom. The predicted octanol–water partition coefficient (Wildman–Crippen LogP) is -0.247. The van der Waals surface area contributed by atoms with E-state index in [-0.39, 0.29) is 12.3 Å². The maximum Gasteiger partial charge on any atom is 0.308 e. The molecule has 0 aromatic carbocycles. The molecule has 1 aromatic rings. The first-order valence-electron chi connectivity index (χ1n) is 3.03. The van der Waals surface area contributed by atoms with Gasteiger partial charge in [0.15, 0.2) is 0 Å². The highest BCUT2D eigenvalue weighted by atomic mass is 16.4. The minimum absolute atomic E-state index is 0.0904. The number of rotatable bonds is 2. The molecule has 1 rings (SSSR count). The molecule has 0 aliphatic heterocycles. The van der Waals surface area contributed by atoms with Gasteiger partial charge in [-0.3, -0.25) is 4.79 Å². The molecule has 1 heterocycles. The van der Waals surface area contributed by atoms with E-state index in [1.807, 2.05) is 0 Å². The van der Waals surface area contributed by atoms with Gasteiger partial charge < -0.3 is 10.2 Å². The van der Waals surface area contributed by atoms with E-state index in [9.17, 15) is 4.79 Å². The van der Waals surface area contributed by atoms with E-state index >= 15 is 0 Å². The van der Waals surface area contributed by atoms with E-state index in [4.69, 9.17) is 10.2 Å². The van der Waals surface area contributed by atoms with Crippen molar-refractivity contribution >= 4 is 5.97 Å².